The van der Waals surface area contributed by atoms with Gasteiger partial charge < -0.3 is 5.32 Å². The number of hydrogen-bond acceptors (Lipinski definition) is 5. The van der Waals surface area contributed by atoms with Crippen LogP contribution in [0.3, 0.4) is 0 Å². The molecule has 0 unspecified atom stereocenters. The van der Waals surface area contributed by atoms with Crippen LogP contribution in [0.2, 0.25) is 5.02 Å². The van der Waals surface area contributed by atoms with Crippen molar-refractivity contribution in [3.8, 4) is 6.07 Å². The molecule has 24 heavy (non-hydrogen) atoms. The molecule has 2 aromatic rings. The molecule has 1 aliphatic heterocycles. The highest BCUT2D eigenvalue weighted by Crippen LogP contribution is 2.25. The average Bonchev–Trinajstić information content (AvgIpc) is 2.93. The molecule has 0 bridgehead atoms. The number of benzene rings is 1. The maximum Gasteiger partial charge on any atom is 0.235 e. The Kier molecular flexibility index (Phi) is 4.60. The Morgan fingerprint density at radius 1 is 1.33 bits per heavy atom. The number of hydrogen-bond donors (Lipinski definition) is 1. The Hall–Kier alpha value is -2.30. The van der Waals surface area contributed by atoms with E-state index in [1.807, 2.05) is 24.3 Å². The van der Waals surface area contributed by atoms with Crippen molar-refractivity contribution in [3.63, 3.8) is 0 Å². The van der Waals surface area contributed by atoms with Crippen molar-refractivity contribution in [1.29, 1.82) is 5.26 Å². The normalized spacial score (nSPS) is 15.9. The second-order valence-electron chi connectivity index (χ2n) is 5.40. The van der Waals surface area contributed by atoms with Crippen LogP contribution in [0.15, 0.2) is 36.4 Å². The third-order valence-electron chi connectivity index (χ3n) is 3.72. The van der Waals surface area contributed by atoms with Crippen molar-refractivity contribution in [2.75, 3.05) is 21.9 Å². The van der Waals surface area contributed by atoms with Gasteiger partial charge in [-0.3, -0.25) is 4.31 Å². The molecule has 0 atom stereocenters. The van der Waals surface area contributed by atoms with E-state index in [0.717, 1.165) is 5.56 Å². The van der Waals surface area contributed by atoms with E-state index in [9.17, 15) is 8.42 Å². The summed E-state index contributed by atoms with van der Waals surface area (Å²) >= 11 is 5.86. The van der Waals surface area contributed by atoms with Gasteiger partial charge in [-0.25, -0.2) is 13.4 Å². The third kappa shape index (κ3) is 3.45. The second kappa shape index (κ2) is 6.67. The number of nitriles is 1. The molecule has 1 aromatic heterocycles. The number of rotatable bonds is 4. The van der Waals surface area contributed by atoms with Gasteiger partial charge in [-0.05, 0) is 36.2 Å². The van der Waals surface area contributed by atoms with Crippen molar-refractivity contribution in [1.82, 2.24) is 4.98 Å². The van der Waals surface area contributed by atoms with E-state index in [1.165, 1.54) is 4.31 Å². The van der Waals surface area contributed by atoms with Crippen LogP contribution in [0, 0.1) is 11.3 Å². The van der Waals surface area contributed by atoms with Crippen molar-refractivity contribution in [2.45, 2.75) is 13.0 Å². The van der Waals surface area contributed by atoms with Gasteiger partial charge in [0.25, 0.3) is 0 Å². The zero-order valence-electron chi connectivity index (χ0n) is 12.7. The molecule has 1 fully saturated rings. The maximum atomic E-state index is 12.0. The number of sulfonamides is 1. The first-order valence-corrected chi connectivity index (χ1v) is 9.38. The van der Waals surface area contributed by atoms with Crippen molar-refractivity contribution >= 4 is 33.1 Å². The number of pyridine rings is 1. The van der Waals surface area contributed by atoms with Crippen LogP contribution >= 0.6 is 11.6 Å². The minimum atomic E-state index is -3.19. The van der Waals surface area contributed by atoms with E-state index in [1.54, 1.807) is 18.2 Å². The number of aromatic nitrogens is 1. The molecule has 1 aliphatic rings. The van der Waals surface area contributed by atoms with Crippen LogP contribution < -0.4 is 9.62 Å². The molecule has 0 aliphatic carbocycles. The van der Waals surface area contributed by atoms with Gasteiger partial charge in [0, 0.05) is 13.1 Å². The molecular weight excluding hydrogens is 348 g/mol. The van der Waals surface area contributed by atoms with Crippen molar-refractivity contribution < 1.29 is 8.42 Å². The third-order valence-corrected chi connectivity index (χ3v) is 5.90. The quantitative estimate of drug-likeness (QED) is 0.903. The molecule has 8 heteroatoms. The van der Waals surface area contributed by atoms with Gasteiger partial charge in [0.05, 0.1) is 16.5 Å². The lowest BCUT2D eigenvalue weighted by atomic mass is 10.2. The first-order valence-electron chi connectivity index (χ1n) is 7.39. The van der Waals surface area contributed by atoms with Gasteiger partial charge in [0.2, 0.25) is 10.0 Å². The minimum Gasteiger partial charge on any atom is -0.366 e. The maximum absolute atomic E-state index is 12.0. The molecule has 1 aromatic carbocycles. The standard InChI is InChI=1S/C16H15ClN4O2S/c17-14-5-6-16(20-15(14)10-18)19-11-12-3-1-4-13(9-12)21-7-2-8-24(21,22)23/h1,3-6,9H,2,7-8,11H2,(H,19,20). The SMILES string of the molecule is N#Cc1nc(NCc2cccc(N3CCCS3(=O)=O)c2)ccc1Cl. The molecule has 1 N–H and O–H groups in total. The first-order chi connectivity index (χ1) is 11.5. The van der Waals surface area contributed by atoms with Crippen LogP contribution in [0.25, 0.3) is 0 Å². The second-order valence-corrected chi connectivity index (χ2v) is 7.82. The van der Waals surface area contributed by atoms with E-state index in [0.29, 0.717) is 36.0 Å². The molecule has 0 radical (unpaired) electrons. The summed E-state index contributed by atoms with van der Waals surface area (Å²) in [5.41, 5.74) is 1.76. The summed E-state index contributed by atoms with van der Waals surface area (Å²) in [6, 6.07) is 12.6. The average molecular weight is 363 g/mol. The Morgan fingerprint density at radius 3 is 2.88 bits per heavy atom. The van der Waals surface area contributed by atoms with Crippen LogP contribution in [0.1, 0.15) is 17.7 Å². The molecule has 124 valence electrons. The van der Waals surface area contributed by atoms with Crippen molar-refractivity contribution in [2.24, 2.45) is 0 Å². The Morgan fingerprint density at radius 2 is 2.17 bits per heavy atom. The van der Waals surface area contributed by atoms with Crippen LogP contribution in [0.5, 0.6) is 0 Å². The fourth-order valence-corrected chi connectivity index (χ4v) is 4.27. The van der Waals surface area contributed by atoms with Gasteiger partial charge in [-0.15, -0.1) is 0 Å². The predicted octanol–water partition coefficient (Wildman–Crippen LogP) is 2.76. The molecule has 2 heterocycles. The summed E-state index contributed by atoms with van der Waals surface area (Å²) in [5.74, 6) is 0.733. The Labute approximate surface area is 145 Å². The molecule has 0 spiro atoms. The van der Waals surface area contributed by atoms with Crippen LogP contribution in [0.4, 0.5) is 11.5 Å². The molecule has 3 rings (SSSR count). The summed E-state index contributed by atoms with van der Waals surface area (Å²) in [4.78, 5) is 4.12. The van der Waals surface area contributed by atoms with Gasteiger partial charge >= 0.3 is 0 Å². The highest BCUT2D eigenvalue weighted by molar-refractivity contribution is 7.93. The number of nitrogens with one attached hydrogen (secondary N) is 1. The zero-order valence-corrected chi connectivity index (χ0v) is 14.3. The van der Waals surface area contributed by atoms with Crippen LogP contribution in [-0.2, 0) is 16.6 Å². The largest absolute Gasteiger partial charge is 0.366 e. The smallest absolute Gasteiger partial charge is 0.235 e. The number of halogens is 1. The lowest BCUT2D eigenvalue weighted by molar-refractivity contribution is 0.599. The van der Waals surface area contributed by atoms with Crippen LogP contribution in [-0.4, -0.2) is 25.7 Å². The van der Waals surface area contributed by atoms with E-state index < -0.39 is 10.0 Å². The minimum absolute atomic E-state index is 0.165. The van der Waals surface area contributed by atoms with E-state index in [2.05, 4.69) is 10.3 Å². The Bertz CT molecular complexity index is 909. The Balaban J connectivity index is 1.75. The molecule has 6 nitrogen and oxygen atoms in total. The van der Waals surface area contributed by atoms with E-state index in [4.69, 9.17) is 16.9 Å². The van der Waals surface area contributed by atoms with E-state index in [-0.39, 0.29) is 11.4 Å². The predicted molar refractivity (Wildman–Crippen MR) is 93.5 cm³/mol. The molecular formula is C16H15ClN4O2S. The number of anilines is 2. The highest BCUT2D eigenvalue weighted by Gasteiger charge is 2.28. The number of nitrogens with zero attached hydrogens (tertiary/aromatic N) is 3. The molecule has 0 amide bonds. The first kappa shape index (κ1) is 16.6. The fraction of sp³-hybridized carbons (Fsp3) is 0.250. The van der Waals surface area contributed by atoms with Gasteiger partial charge in [0.1, 0.15) is 11.9 Å². The van der Waals surface area contributed by atoms with Gasteiger partial charge in [-0.2, -0.15) is 5.26 Å². The molecule has 1 saturated heterocycles. The summed E-state index contributed by atoms with van der Waals surface area (Å²) in [5, 5.41) is 12.4. The van der Waals surface area contributed by atoms with Crippen molar-refractivity contribution in [3.05, 3.63) is 52.7 Å². The summed E-state index contributed by atoms with van der Waals surface area (Å²) in [6.07, 6.45) is 0.649. The monoisotopic (exact) mass is 362 g/mol. The topological polar surface area (TPSA) is 86.1 Å². The summed E-state index contributed by atoms with van der Waals surface area (Å²) in [6.45, 7) is 0.977. The summed E-state index contributed by atoms with van der Waals surface area (Å²) in [7, 11) is -3.19. The van der Waals surface area contributed by atoms with E-state index >= 15 is 0 Å². The lowest BCUT2D eigenvalue weighted by Crippen LogP contribution is -2.25. The van der Waals surface area contributed by atoms with Gasteiger partial charge in [-0.1, -0.05) is 23.7 Å². The fourth-order valence-electron chi connectivity index (χ4n) is 2.56. The lowest BCUT2D eigenvalue weighted by Gasteiger charge is -2.17. The zero-order chi connectivity index (χ0) is 17.2. The van der Waals surface area contributed by atoms with Gasteiger partial charge in [0.15, 0.2) is 5.69 Å². The summed E-state index contributed by atoms with van der Waals surface area (Å²) < 4.78 is 25.5. The highest BCUT2D eigenvalue weighted by atomic mass is 35.5. The molecule has 0 saturated carbocycles.